The van der Waals surface area contributed by atoms with Crippen molar-refractivity contribution in [2.75, 3.05) is 0 Å². The van der Waals surface area contributed by atoms with E-state index in [4.69, 9.17) is 0 Å². The van der Waals surface area contributed by atoms with Crippen molar-refractivity contribution in [3.05, 3.63) is 11.1 Å². The second-order valence-electron chi connectivity index (χ2n) is 4.42. The van der Waals surface area contributed by atoms with E-state index >= 15 is 0 Å². The summed E-state index contributed by atoms with van der Waals surface area (Å²) in [4.78, 5) is 0. The molecule has 0 saturated heterocycles. The van der Waals surface area contributed by atoms with Crippen LogP contribution < -0.4 is 0 Å². The fraction of sp³-hybridized carbons (Fsp3) is 0.800. The zero-order valence-electron chi connectivity index (χ0n) is 7.70. The van der Waals surface area contributed by atoms with Gasteiger partial charge in [0.15, 0.2) is 0 Å². The molecule has 4 radical (unpaired) electrons. The molecule has 60 valence electrons. The summed E-state index contributed by atoms with van der Waals surface area (Å²) >= 11 is 0. The summed E-state index contributed by atoms with van der Waals surface area (Å²) in [6, 6.07) is 0. The largest absolute Gasteiger partial charge is 0.0735 e. The Kier molecular flexibility index (Phi) is 2.53. The van der Waals surface area contributed by atoms with Gasteiger partial charge in [-0.1, -0.05) is 25.0 Å². The number of rotatable bonds is 0. The van der Waals surface area contributed by atoms with Crippen molar-refractivity contribution in [2.24, 2.45) is 11.3 Å². The zero-order chi connectivity index (χ0) is 7.35. The summed E-state index contributed by atoms with van der Waals surface area (Å²) in [5, 5.41) is 0. The first-order chi connectivity index (χ1) is 4.62. The molecule has 1 saturated carbocycles. The molecule has 0 aromatic heterocycles. The normalized spacial score (nSPS) is 32.5. The van der Waals surface area contributed by atoms with Gasteiger partial charge in [-0.2, -0.15) is 0 Å². The standard InChI is InChI=1S/C10H16.Pb/c1-7-4-5-8-6-9(7)10(8,2)3;/h8H,4-6H2,1-3H3;. The molecular formula is C10H16Pb. The second-order valence-corrected chi connectivity index (χ2v) is 4.42. The van der Waals surface area contributed by atoms with Crippen LogP contribution in [0, 0.1) is 11.3 Å². The van der Waals surface area contributed by atoms with Gasteiger partial charge in [0, 0.05) is 27.3 Å². The molecule has 1 heteroatoms. The van der Waals surface area contributed by atoms with Gasteiger partial charge in [0.1, 0.15) is 0 Å². The first-order valence-electron chi connectivity index (χ1n) is 4.31. The molecule has 0 aromatic carbocycles. The molecule has 0 heterocycles. The maximum atomic E-state index is 2.40. The average Bonchev–Trinajstić information content (AvgIpc) is 1.87. The number of allylic oxidation sites excluding steroid dienone is 2. The van der Waals surface area contributed by atoms with Crippen LogP contribution in [0.1, 0.15) is 40.0 Å². The zero-order valence-corrected chi connectivity index (χ0v) is 11.6. The van der Waals surface area contributed by atoms with Gasteiger partial charge in [0.05, 0.1) is 0 Å². The molecule has 1 unspecified atom stereocenters. The van der Waals surface area contributed by atoms with Crippen molar-refractivity contribution in [3.63, 3.8) is 0 Å². The van der Waals surface area contributed by atoms with E-state index in [2.05, 4.69) is 20.8 Å². The monoisotopic (exact) mass is 344 g/mol. The summed E-state index contributed by atoms with van der Waals surface area (Å²) in [6.45, 7) is 7.12. The van der Waals surface area contributed by atoms with Crippen molar-refractivity contribution >= 4 is 27.3 Å². The quantitative estimate of drug-likeness (QED) is 0.469. The van der Waals surface area contributed by atoms with Crippen LogP contribution in [0.25, 0.3) is 0 Å². The Labute approximate surface area is 89.6 Å². The molecule has 0 N–H and O–H groups in total. The van der Waals surface area contributed by atoms with Gasteiger partial charge in [0.2, 0.25) is 0 Å². The predicted molar refractivity (Wildman–Crippen MR) is 49.6 cm³/mol. The number of hydrogen-bond acceptors (Lipinski definition) is 0. The molecule has 3 rings (SSSR count). The van der Waals surface area contributed by atoms with Crippen molar-refractivity contribution in [1.82, 2.24) is 0 Å². The minimum Gasteiger partial charge on any atom is -0.0735 e. The van der Waals surface area contributed by atoms with E-state index in [9.17, 15) is 0 Å². The van der Waals surface area contributed by atoms with Crippen LogP contribution in [0.5, 0.6) is 0 Å². The molecule has 0 amide bonds. The second kappa shape index (κ2) is 2.86. The Hall–Kier alpha value is 0.662. The van der Waals surface area contributed by atoms with Crippen molar-refractivity contribution in [2.45, 2.75) is 40.0 Å². The van der Waals surface area contributed by atoms with Gasteiger partial charge in [0.25, 0.3) is 0 Å². The molecule has 0 nitrogen and oxygen atoms in total. The van der Waals surface area contributed by atoms with Crippen LogP contribution >= 0.6 is 0 Å². The van der Waals surface area contributed by atoms with Crippen LogP contribution in [0.15, 0.2) is 11.1 Å². The molecule has 2 bridgehead atoms. The van der Waals surface area contributed by atoms with Crippen molar-refractivity contribution < 1.29 is 0 Å². The van der Waals surface area contributed by atoms with Crippen molar-refractivity contribution in [1.29, 1.82) is 0 Å². The van der Waals surface area contributed by atoms with Gasteiger partial charge in [-0.3, -0.25) is 0 Å². The summed E-state index contributed by atoms with van der Waals surface area (Å²) in [7, 11) is 0. The fourth-order valence-electron chi connectivity index (χ4n) is 2.61. The Balaban J connectivity index is 0.000000605. The Morgan fingerprint density at radius 2 is 2.00 bits per heavy atom. The van der Waals surface area contributed by atoms with Crippen LogP contribution in [-0.4, -0.2) is 27.3 Å². The average molecular weight is 343 g/mol. The third-order valence-corrected chi connectivity index (χ3v) is 3.63. The summed E-state index contributed by atoms with van der Waals surface area (Å²) in [6.07, 6.45) is 4.24. The predicted octanol–water partition coefficient (Wildman–Crippen LogP) is 2.76. The number of fused-ring (bicyclic) bond motifs is 2. The molecule has 11 heavy (non-hydrogen) atoms. The Bertz CT molecular complexity index is 201. The Morgan fingerprint density at radius 3 is 2.27 bits per heavy atom. The molecule has 0 aliphatic heterocycles. The SMILES string of the molecule is CC1=C2CC(CC1)C2(C)C.[Pb]. The molecule has 0 aromatic rings. The summed E-state index contributed by atoms with van der Waals surface area (Å²) in [5.74, 6) is 1.02. The van der Waals surface area contributed by atoms with Gasteiger partial charge in [-0.05, 0) is 37.5 Å². The minimum atomic E-state index is 0. The maximum Gasteiger partial charge on any atom is 0 e. The van der Waals surface area contributed by atoms with Gasteiger partial charge in [-0.25, -0.2) is 0 Å². The van der Waals surface area contributed by atoms with Crippen LogP contribution in [0.3, 0.4) is 0 Å². The van der Waals surface area contributed by atoms with Crippen LogP contribution in [-0.2, 0) is 0 Å². The third-order valence-electron chi connectivity index (χ3n) is 3.63. The molecule has 1 atom stereocenters. The third kappa shape index (κ3) is 1.21. The number of hydrogen-bond donors (Lipinski definition) is 0. The topological polar surface area (TPSA) is 0 Å². The first kappa shape index (κ1) is 9.75. The van der Waals surface area contributed by atoms with E-state index in [0.717, 1.165) is 5.92 Å². The fourth-order valence-corrected chi connectivity index (χ4v) is 2.61. The van der Waals surface area contributed by atoms with E-state index in [1.807, 2.05) is 0 Å². The van der Waals surface area contributed by atoms with Crippen LogP contribution in [0.4, 0.5) is 0 Å². The van der Waals surface area contributed by atoms with Crippen molar-refractivity contribution in [3.8, 4) is 0 Å². The van der Waals surface area contributed by atoms with Gasteiger partial charge >= 0.3 is 0 Å². The minimum absolute atomic E-state index is 0. The summed E-state index contributed by atoms with van der Waals surface area (Å²) in [5.41, 5.74) is 4.04. The molecule has 1 fully saturated rings. The van der Waals surface area contributed by atoms with E-state index in [0.29, 0.717) is 5.41 Å². The molecule has 0 spiro atoms. The smallest absolute Gasteiger partial charge is 0 e. The molecule has 3 aliphatic rings. The van der Waals surface area contributed by atoms with E-state index in [-0.39, 0.29) is 27.3 Å². The summed E-state index contributed by atoms with van der Waals surface area (Å²) < 4.78 is 0. The van der Waals surface area contributed by atoms with Gasteiger partial charge < -0.3 is 0 Å². The van der Waals surface area contributed by atoms with E-state index < -0.39 is 0 Å². The molecule has 3 aliphatic carbocycles. The Morgan fingerprint density at radius 1 is 1.36 bits per heavy atom. The maximum absolute atomic E-state index is 2.40. The van der Waals surface area contributed by atoms with Gasteiger partial charge in [-0.15, -0.1) is 0 Å². The first-order valence-corrected chi connectivity index (χ1v) is 4.31. The van der Waals surface area contributed by atoms with Crippen LogP contribution in [0.2, 0.25) is 0 Å². The molecular weight excluding hydrogens is 327 g/mol. The van der Waals surface area contributed by atoms with E-state index in [1.165, 1.54) is 19.3 Å². The van der Waals surface area contributed by atoms with E-state index in [1.54, 1.807) is 11.1 Å².